The molecule has 1 fully saturated rings. The van der Waals surface area contributed by atoms with Crippen LogP contribution in [0.3, 0.4) is 0 Å². The van der Waals surface area contributed by atoms with Crippen molar-refractivity contribution >= 4 is 0 Å². The first-order valence-corrected chi connectivity index (χ1v) is 3.68. The quantitative estimate of drug-likeness (QED) is 0.608. The molecule has 1 atom stereocenters. The van der Waals surface area contributed by atoms with Crippen molar-refractivity contribution in [3.63, 3.8) is 0 Å². The zero-order valence-electron chi connectivity index (χ0n) is 6.16. The van der Waals surface area contributed by atoms with E-state index in [0.29, 0.717) is 11.6 Å². The van der Waals surface area contributed by atoms with E-state index in [-0.39, 0.29) is 0 Å². The maximum Gasteiger partial charge on any atom is 0.124 e. The molecule has 2 rings (SSSR count). The predicted molar refractivity (Wildman–Crippen MR) is 40.0 cm³/mol. The molecule has 2 heterocycles. The zero-order valence-corrected chi connectivity index (χ0v) is 6.16. The number of pyridine rings is 1. The van der Waals surface area contributed by atoms with Crippen LogP contribution in [0, 0.1) is 5.41 Å². The number of hydrogen-bond donors (Lipinski definition) is 1. The molecule has 11 heavy (non-hydrogen) atoms. The Morgan fingerprint density at radius 2 is 2.45 bits per heavy atom. The molecule has 0 aliphatic carbocycles. The monoisotopic (exact) mass is 150 g/mol. The fourth-order valence-electron chi connectivity index (χ4n) is 1.03. The van der Waals surface area contributed by atoms with Crippen LogP contribution >= 0.6 is 0 Å². The molecular weight excluding hydrogens is 140 g/mol. The second-order valence-electron chi connectivity index (χ2n) is 2.69. The first-order chi connectivity index (χ1) is 5.36. The van der Waals surface area contributed by atoms with Gasteiger partial charge in [-0.05, 0) is 12.1 Å². The Bertz CT molecular complexity index is 301. The fraction of sp³-hybridized carbons (Fsp3) is 0.375. The van der Waals surface area contributed by atoms with Gasteiger partial charge in [0.05, 0.1) is 19.3 Å². The summed E-state index contributed by atoms with van der Waals surface area (Å²) in [5.41, 5.74) is 0.544. The summed E-state index contributed by atoms with van der Waals surface area (Å²) >= 11 is 0. The van der Waals surface area contributed by atoms with Gasteiger partial charge in [-0.3, -0.25) is 5.41 Å². The molecule has 1 aliphatic rings. The molecule has 3 heteroatoms. The summed E-state index contributed by atoms with van der Waals surface area (Å²) in [5.74, 6) is 0. The molecule has 1 aromatic heterocycles. The van der Waals surface area contributed by atoms with Crippen molar-refractivity contribution in [1.29, 1.82) is 5.41 Å². The van der Waals surface area contributed by atoms with Crippen molar-refractivity contribution in [2.45, 2.75) is 12.6 Å². The molecule has 0 amide bonds. The molecule has 1 aliphatic heterocycles. The molecule has 1 aromatic rings. The summed E-state index contributed by atoms with van der Waals surface area (Å²) in [4.78, 5) is 0. The molecule has 1 unspecified atom stereocenters. The summed E-state index contributed by atoms with van der Waals surface area (Å²) in [6.45, 7) is 1.67. The molecule has 1 N–H and O–H groups in total. The standard InChI is InChI=1S/C8H10N2O/c9-8-3-1-2-4-10(8)5-7-6-11-7/h1-4,7,9H,5-6H2. The van der Waals surface area contributed by atoms with Gasteiger partial charge in [0.25, 0.3) is 0 Å². The molecule has 0 saturated carbocycles. The highest BCUT2D eigenvalue weighted by atomic mass is 16.6. The average molecular weight is 150 g/mol. The number of nitrogens with one attached hydrogen (secondary N) is 1. The van der Waals surface area contributed by atoms with E-state index < -0.39 is 0 Å². The van der Waals surface area contributed by atoms with Crippen LogP contribution in [-0.4, -0.2) is 17.3 Å². The second-order valence-corrected chi connectivity index (χ2v) is 2.69. The predicted octanol–water partition coefficient (Wildman–Crippen LogP) is 0.366. The van der Waals surface area contributed by atoms with E-state index in [2.05, 4.69) is 0 Å². The lowest BCUT2D eigenvalue weighted by atomic mass is 10.4. The number of nitrogens with zero attached hydrogens (tertiary/aromatic N) is 1. The summed E-state index contributed by atoms with van der Waals surface area (Å²) < 4.78 is 6.95. The normalized spacial score (nSPS) is 21.6. The third kappa shape index (κ3) is 1.49. The minimum Gasteiger partial charge on any atom is -0.371 e. The van der Waals surface area contributed by atoms with Crippen LogP contribution in [0.2, 0.25) is 0 Å². The van der Waals surface area contributed by atoms with Gasteiger partial charge in [-0.25, -0.2) is 0 Å². The number of rotatable bonds is 2. The Hall–Kier alpha value is -1.09. The van der Waals surface area contributed by atoms with Crippen LogP contribution in [0.4, 0.5) is 0 Å². The summed E-state index contributed by atoms with van der Waals surface area (Å²) in [6.07, 6.45) is 2.26. The van der Waals surface area contributed by atoms with Crippen LogP contribution in [-0.2, 0) is 11.3 Å². The van der Waals surface area contributed by atoms with E-state index in [9.17, 15) is 0 Å². The third-order valence-electron chi connectivity index (χ3n) is 1.74. The molecule has 0 aromatic carbocycles. The minimum atomic E-state index is 0.353. The smallest absolute Gasteiger partial charge is 0.124 e. The van der Waals surface area contributed by atoms with E-state index in [0.717, 1.165) is 13.2 Å². The Morgan fingerprint density at radius 1 is 1.64 bits per heavy atom. The van der Waals surface area contributed by atoms with Gasteiger partial charge in [0.2, 0.25) is 0 Å². The highest BCUT2D eigenvalue weighted by Gasteiger charge is 2.22. The van der Waals surface area contributed by atoms with Gasteiger partial charge in [0.15, 0.2) is 0 Å². The summed E-state index contributed by atoms with van der Waals surface area (Å²) in [5, 5.41) is 7.50. The van der Waals surface area contributed by atoms with Gasteiger partial charge >= 0.3 is 0 Å². The molecular formula is C8H10N2O. The van der Waals surface area contributed by atoms with Gasteiger partial charge in [-0.2, -0.15) is 0 Å². The highest BCUT2D eigenvalue weighted by molar-refractivity contribution is 4.92. The van der Waals surface area contributed by atoms with E-state index in [1.165, 1.54) is 0 Å². The number of hydrogen-bond acceptors (Lipinski definition) is 2. The Kier molecular flexibility index (Phi) is 1.51. The molecule has 1 saturated heterocycles. The van der Waals surface area contributed by atoms with Gasteiger partial charge in [-0.1, -0.05) is 6.07 Å². The number of ether oxygens (including phenoxy) is 1. The van der Waals surface area contributed by atoms with Crippen LogP contribution < -0.4 is 5.49 Å². The third-order valence-corrected chi connectivity index (χ3v) is 1.74. The zero-order chi connectivity index (χ0) is 7.68. The van der Waals surface area contributed by atoms with Crippen molar-refractivity contribution < 1.29 is 4.74 Å². The van der Waals surface area contributed by atoms with Gasteiger partial charge in [-0.15, -0.1) is 0 Å². The maximum absolute atomic E-state index is 7.50. The van der Waals surface area contributed by atoms with E-state index >= 15 is 0 Å². The Morgan fingerprint density at radius 3 is 3.09 bits per heavy atom. The Labute approximate surface area is 64.7 Å². The summed E-state index contributed by atoms with van der Waals surface area (Å²) in [6, 6.07) is 5.58. The van der Waals surface area contributed by atoms with Crippen molar-refractivity contribution in [2.24, 2.45) is 0 Å². The van der Waals surface area contributed by atoms with Crippen molar-refractivity contribution in [3.05, 3.63) is 29.9 Å². The van der Waals surface area contributed by atoms with Crippen molar-refractivity contribution in [3.8, 4) is 0 Å². The fourth-order valence-corrected chi connectivity index (χ4v) is 1.03. The summed E-state index contributed by atoms with van der Waals surface area (Å²) in [7, 11) is 0. The molecule has 0 radical (unpaired) electrons. The molecule has 3 nitrogen and oxygen atoms in total. The van der Waals surface area contributed by atoms with Crippen molar-refractivity contribution in [1.82, 2.24) is 4.57 Å². The SMILES string of the molecule is N=c1ccccn1CC1CO1. The maximum atomic E-state index is 7.50. The number of aromatic nitrogens is 1. The van der Waals surface area contributed by atoms with E-state index in [1.807, 2.05) is 22.9 Å². The number of epoxide rings is 1. The highest BCUT2D eigenvalue weighted by Crippen LogP contribution is 2.09. The average Bonchev–Trinajstić information content (AvgIpc) is 2.78. The van der Waals surface area contributed by atoms with Crippen LogP contribution in [0.25, 0.3) is 0 Å². The second kappa shape index (κ2) is 2.51. The lowest BCUT2D eigenvalue weighted by molar-refractivity contribution is 0.379. The van der Waals surface area contributed by atoms with Crippen LogP contribution in [0.1, 0.15) is 0 Å². The largest absolute Gasteiger partial charge is 0.371 e. The molecule has 0 spiro atoms. The van der Waals surface area contributed by atoms with E-state index in [4.69, 9.17) is 10.1 Å². The van der Waals surface area contributed by atoms with Gasteiger partial charge < -0.3 is 9.30 Å². The van der Waals surface area contributed by atoms with E-state index in [1.54, 1.807) is 6.07 Å². The van der Waals surface area contributed by atoms with Crippen molar-refractivity contribution in [2.75, 3.05) is 6.61 Å². The van der Waals surface area contributed by atoms with Gasteiger partial charge in [0, 0.05) is 6.20 Å². The first-order valence-electron chi connectivity index (χ1n) is 3.68. The van der Waals surface area contributed by atoms with Crippen LogP contribution in [0.5, 0.6) is 0 Å². The van der Waals surface area contributed by atoms with Crippen LogP contribution in [0.15, 0.2) is 24.4 Å². The van der Waals surface area contributed by atoms with Gasteiger partial charge in [0.1, 0.15) is 5.49 Å². The molecule has 58 valence electrons. The lowest BCUT2D eigenvalue weighted by Gasteiger charge is -2.01. The minimum absolute atomic E-state index is 0.353. The topological polar surface area (TPSA) is 41.3 Å². The Balaban J connectivity index is 2.21. The first kappa shape index (κ1) is 6.61. The lowest BCUT2D eigenvalue weighted by Crippen LogP contribution is -2.20. The molecule has 0 bridgehead atoms.